The molecular formula is C26H30F2N2O2. The maximum atomic E-state index is 13.8. The van der Waals surface area contributed by atoms with E-state index in [1.165, 1.54) is 23.9 Å². The van der Waals surface area contributed by atoms with Gasteiger partial charge in [-0.25, -0.2) is 13.8 Å². The van der Waals surface area contributed by atoms with Crippen LogP contribution in [0.15, 0.2) is 36.5 Å². The van der Waals surface area contributed by atoms with E-state index in [9.17, 15) is 18.7 Å². The molecule has 3 aliphatic carbocycles. The zero-order valence-electron chi connectivity index (χ0n) is 18.4. The second-order valence-electron chi connectivity index (χ2n) is 10.2. The van der Waals surface area contributed by atoms with Gasteiger partial charge in [0.15, 0.2) is 11.6 Å². The van der Waals surface area contributed by atoms with E-state index in [1.807, 2.05) is 6.07 Å². The highest BCUT2D eigenvalue weighted by Gasteiger charge is 2.58. The van der Waals surface area contributed by atoms with Crippen LogP contribution in [0.1, 0.15) is 62.5 Å². The van der Waals surface area contributed by atoms with E-state index < -0.39 is 5.82 Å². The number of carbonyl (C=O) groups excluding carboxylic acids is 1. The van der Waals surface area contributed by atoms with Gasteiger partial charge < -0.3 is 10.4 Å². The van der Waals surface area contributed by atoms with Crippen molar-refractivity contribution in [2.24, 2.45) is 23.2 Å². The molecule has 4 unspecified atom stereocenters. The fraction of sp³-hybridized carbons (Fsp3) is 0.538. The van der Waals surface area contributed by atoms with E-state index in [0.29, 0.717) is 30.6 Å². The zero-order valence-corrected chi connectivity index (χ0v) is 18.4. The molecule has 1 heterocycles. The average Bonchev–Trinajstić information content (AvgIpc) is 3.03. The third-order valence-electron chi connectivity index (χ3n) is 8.54. The number of amides is 1. The van der Waals surface area contributed by atoms with Crippen molar-refractivity contribution in [1.82, 2.24) is 4.98 Å². The van der Waals surface area contributed by atoms with Crippen molar-refractivity contribution in [3.05, 3.63) is 59.3 Å². The van der Waals surface area contributed by atoms with Gasteiger partial charge in [-0.15, -0.1) is 0 Å². The summed E-state index contributed by atoms with van der Waals surface area (Å²) in [5, 5.41) is 13.6. The molecule has 0 bridgehead atoms. The molecule has 2 saturated carbocycles. The van der Waals surface area contributed by atoms with Crippen LogP contribution in [-0.4, -0.2) is 22.1 Å². The molecule has 6 atom stereocenters. The van der Waals surface area contributed by atoms with Crippen molar-refractivity contribution in [2.45, 2.75) is 63.9 Å². The number of aliphatic hydroxyl groups is 1. The highest BCUT2D eigenvalue weighted by Crippen LogP contribution is 2.63. The topological polar surface area (TPSA) is 62.2 Å². The maximum absolute atomic E-state index is 13.8. The predicted octanol–water partition coefficient (Wildman–Crippen LogP) is 5.22. The molecule has 2 N–H and O–H groups in total. The number of benzene rings is 1. The molecular weight excluding hydrogens is 410 g/mol. The molecule has 0 spiro atoms. The number of rotatable bonds is 4. The molecule has 1 aromatic heterocycles. The Labute approximate surface area is 187 Å². The van der Waals surface area contributed by atoms with Crippen LogP contribution in [0, 0.1) is 34.8 Å². The standard InChI is InChI=1S/C26H30F2N2O2/c1-26-11-10-19-18-8-6-17(27)13-15(18)4-7-20(19)24(26)16(14-22(26)31)5-9-23(32)30-25-21(28)3-2-12-29-25/h2-3,6,8,12-13,16,19-20,22,24,31H,4-5,7,9-11,14H2,1H3,(H,29,30,32)/t16-,19?,20?,22?,24?,26-/m1/s1. The first-order valence-corrected chi connectivity index (χ1v) is 11.7. The Balaban J connectivity index is 1.33. The lowest BCUT2D eigenvalue weighted by molar-refractivity contribution is -0.116. The van der Waals surface area contributed by atoms with E-state index in [4.69, 9.17) is 0 Å². The summed E-state index contributed by atoms with van der Waals surface area (Å²) in [5.41, 5.74) is 2.25. The Morgan fingerprint density at radius 1 is 1.28 bits per heavy atom. The molecule has 1 amide bonds. The molecule has 4 nitrogen and oxygen atoms in total. The van der Waals surface area contributed by atoms with Gasteiger partial charge in [-0.1, -0.05) is 13.0 Å². The second kappa shape index (κ2) is 8.22. The van der Waals surface area contributed by atoms with Gasteiger partial charge in [0.25, 0.3) is 0 Å². The van der Waals surface area contributed by atoms with E-state index in [-0.39, 0.29) is 41.4 Å². The summed E-state index contributed by atoms with van der Waals surface area (Å²) in [6.07, 6.45) is 6.54. The predicted molar refractivity (Wildman–Crippen MR) is 118 cm³/mol. The number of aliphatic hydroxyl groups excluding tert-OH is 1. The van der Waals surface area contributed by atoms with Crippen molar-refractivity contribution >= 4 is 11.7 Å². The summed E-state index contributed by atoms with van der Waals surface area (Å²) in [5.74, 6) is 0.388. The van der Waals surface area contributed by atoms with E-state index >= 15 is 0 Å². The van der Waals surface area contributed by atoms with Crippen molar-refractivity contribution in [3.63, 3.8) is 0 Å². The molecule has 2 fully saturated rings. The number of aromatic nitrogens is 1. The summed E-state index contributed by atoms with van der Waals surface area (Å²) in [6.45, 7) is 2.21. The Morgan fingerprint density at radius 2 is 2.12 bits per heavy atom. The van der Waals surface area contributed by atoms with Gasteiger partial charge in [-0.2, -0.15) is 0 Å². The first-order valence-electron chi connectivity index (χ1n) is 11.7. The van der Waals surface area contributed by atoms with Gasteiger partial charge in [0.2, 0.25) is 5.91 Å². The number of aryl methyl sites for hydroxylation is 1. The molecule has 0 saturated heterocycles. The minimum Gasteiger partial charge on any atom is -0.393 e. The van der Waals surface area contributed by atoms with Crippen LogP contribution < -0.4 is 5.32 Å². The van der Waals surface area contributed by atoms with E-state index in [1.54, 1.807) is 12.1 Å². The number of nitrogens with zero attached hydrogens (tertiary/aromatic N) is 1. The Hall–Kier alpha value is -2.34. The maximum Gasteiger partial charge on any atom is 0.225 e. The lowest BCUT2D eigenvalue weighted by Crippen LogP contribution is -2.45. The Bertz CT molecular complexity index is 1030. The molecule has 32 heavy (non-hydrogen) atoms. The van der Waals surface area contributed by atoms with Gasteiger partial charge in [0, 0.05) is 12.6 Å². The average molecular weight is 441 g/mol. The summed E-state index contributed by atoms with van der Waals surface area (Å²) in [6, 6.07) is 7.97. The first-order chi connectivity index (χ1) is 15.4. The zero-order chi connectivity index (χ0) is 22.5. The molecule has 2 aromatic rings. The van der Waals surface area contributed by atoms with Gasteiger partial charge >= 0.3 is 0 Å². The number of pyridine rings is 1. The number of anilines is 1. The summed E-state index contributed by atoms with van der Waals surface area (Å²) >= 11 is 0. The number of halogens is 2. The van der Waals surface area contributed by atoms with Crippen LogP contribution in [0.3, 0.4) is 0 Å². The molecule has 0 aliphatic heterocycles. The molecule has 5 rings (SSSR count). The molecule has 6 heteroatoms. The number of carbonyl (C=O) groups is 1. The van der Waals surface area contributed by atoms with Crippen LogP contribution in [0.25, 0.3) is 0 Å². The largest absolute Gasteiger partial charge is 0.393 e. The van der Waals surface area contributed by atoms with Crippen LogP contribution in [-0.2, 0) is 11.2 Å². The first kappa shape index (κ1) is 21.5. The number of hydrogen-bond donors (Lipinski definition) is 2. The number of nitrogens with one attached hydrogen (secondary N) is 1. The third kappa shape index (κ3) is 3.62. The second-order valence-corrected chi connectivity index (χ2v) is 10.2. The highest BCUT2D eigenvalue weighted by molar-refractivity contribution is 5.89. The lowest BCUT2D eigenvalue weighted by Gasteiger charge is -2.51. The minimum atomic E-state index is -0.544. The molecule has 3 aliphatic rings. The minimum absolute atomic E-state index is 0.0392. The van der Waals surface area contributed by atoms with Crippen LogP contribution in [0.4, 0.5) is 14.6 Å². The summed E-state index contributed by atoms with van der Waals surface area (Å²) < 4.78 is 27.6. The normalized spacial score (nSPS) is 33.2. The quantitative estimate of drug-likeness (QED) is 0.685. The van der Waals surface area contributed by atoms with Gasteiger partial charge in [0.1, 0.15) is 5.82 Å². The van der Waals surface area contributed by atoms with Crippen LogP contribution in [0.2, 0.25) is 0 Å². The monoisotopic (exact) mass is 440 g/mol. The van der Waals surface area contributed by atoms with Gasteiger partial charge in [-0.3, -0.25) is 4.79 Å². The summed E-state index contributed by atoms with van der Waals surface area (Å²) in [4.78, 5) is 16.4. The van der Waals surface area contributed by atoms with E-state index in [2.05, 4.69) is 17.2 Å². The number of fused-ring (bicyclic) bond motifs is 5. The fourth-order valence-corrected chi connectivity index (χ4v) is 7.09. The SMILES string of the molecule is C[C@]12CCC3c4ccc(F)cc4CCC3C1[C@H](CCC(=O)Nc1ncccc1F)CC2O. The highest BCUT2D eigenvalue weighted by atomic mass is 19.1. The third-order valence-corrected chi connectivity index (χ3v) is 8.54. The lowest BCUT2D eigenvalue weighted by atomic mass is 9.54. The van der Waals surface area contributed by atoms with Gasteiger partial charge in [-0.05, 0) is 103 Å². The fourth-order valence-electron chi connectivity index (χ4n) is 7.09. The smallest absolute Gasteiger partial charge is 0.225 e. The molecule has 0 radical (unpaired) electrons. The molecule has 1 aromatic carbocycles. The van der Waals surface area contributed by atoms with E-state index in [0.717, 1.165) is 31.2 Å². The van der Waals surface area contributed by atoms with Crippen molar-refractivity contribution < 1.29 is 18.7 Å². The van der Waals surface area contributed by atoms with Crippen molar-refractivity contribution in [2.75, 3.05) is 5.32 Å². The van der Waals surface area contributed by atoms with Crippen LogP contribution >= 0.6 is 0 Å². The summed E-state index contributed by atoms with van der Waals surface area (Å²) in [7, 11) is 0. The van der Waals surface area contributed by atoms with Crippen molar-refractivity contribution in [1.29, 1.82) is 0 Å². The Kier molecular flexibility index (Phi) is 5.52. The van der Waals surface area contributed by atoms with Crippen LogP contribution in [0.5, 0.6) is 0 Å². The Morgan fingerprint density at radius 3 is 2.94 bits per heavy atom. The van der Waals surface area contributed by atoms with Gasteiger partial charge in [0.05, 0.1) is 6.10 Å². The van der Waals surface area contributed by atoms with Crippen molar-refractivity contribution in [3.8, 4) is 0 Å². The molecule has 170 valence electrons. The number of hydrogen-bond acceptors (Lipinski definition) is 3.